The van der Waals surface area contributed by atoms with E-state index in [4.69, 9.17) is 0 Å². The zero-order valence-corrected chi connectivity index (χ0v) is 5.14. The van der Waals surface area contributed by atoms with E-state index in [2.05, 4.69) is 0 Å². The van der Waals surface area contributed by atoms with Gasteiger partial charge in [-0.1, -0.05) is 22.1 Å². The molecule has 0 amide bonds. The van der Waals surface area contributed by atoms with Gasteiger partial charge in [0.1, 0.15) is 0 Å². The predicted octanol–water partition coefficient (Wildman–Crippen LogP) is -3.67. The molecule has 0 spiro atoms. The Morgan fingerprint density at radius 3 is 1.40 bits per heavy atom. The molecule has 0 aromatic heterocycles. The van der Waals surface area contributed by atoms with E-state index in [0.29, 0.717) is 0 Å². The van der Waals surface area contributed by atoms with Gasteiger partial charge in [-0.25, -0.2) is 0 Å². The Balaban J connectivity index is 0. The molecule has 0 rings (SSSR count). The fourth-order valence-corrected chi connectivity index (χ4v) is 0. The van der Waals surface area contributed by atoms with Gasteiger partial charge in [0.2, 0.25) is 0 Å². The van der Waals surface area contributed by atoms with Crippen LogP contribution in [0.25, 0.3) is 0 Å². The van der Waals surface area contributed by atoms with Crippen LogP contribution < -0.4 is 23.7 Å². The minimum Gasteiger partial charge on any atom is -0.861 e. The molecule has 1 nitrogen and oxygen atoms in total. The van der Waals surface area contributed by atoms with Crippen LogP contribution in [0.15, 0.2) is 0 Å². The largest absolute Gasteiger partial charge is 1.00 e. The maximum absolute atomic E-state index is 9.67. The van der Waals surface area contributed by atoms with Gasteiger partial charge in [0.25, 0.3) is 0 Å². The molecule has 0 aliphatic rings. The van der Waals surface area contributed by atoms with Crippen LogP contribution in [0.2, 0.25) is 13.1 Å². The molecule has 0 fully saturated rings. The molecule has 0 bridgehead atoms. The van der Waals surface area contributed by atoms with Crippen molar-refractivity contribution >= 4 is 9.04 Å². The van der Waals surface area contributed by atoms with Crippen LogP contribution in [-0.4, -0.2) is 9.04 Å². The summed E-state index contributed by atoms with van der Waals surface area (Å²) in [6.45, 7) is 3.50. The zero-order valence-electron chi connectivity index (χ0n) is 3.99. The van der Waals surface area contributed by atoms with E-state index in [9.17, 15) is 4.80 Å². The van der Waals surface area contributed by atoms with Gasteiger partial charge in [-0.2, -0.15) is 0 Å². The number of rotatable bonds is 0. The van der Waals surface area contributed by atoms with Crippen molar-refractivity contribution in [1.82, 2.24) is 0 Å². The molecule has 0 radical (unpaired) electrons. The summed E-state index contributed by atoms with van der Waals surface area (Å²) in [4.78, 5) is 9.67. The third kappa shape index (κ3) is 61.3. The molecule has 0 aliphatic heterocycles. The Bertz CT molecular complexity index is 14.4. The first-order valence-electron chi connectivity index (χ1n) is 1.39. The van der Waals surface area contributed by atoms with Crippen molar-refractivity contribution in [3.05, 3.63) is 0 Å². The van der Waals surface area contributed by atoms with E-state index < -0.39 is 9.04 Å². The standard InChI is InChI=1S/C2H7OSi.Li/c1-4(2)3;/h4H,1-2H3;/q-1;+1. The summed E-state index contributed by atoms with van der Waals surface area (Å²) >= 11 is 0. The van der Waals surface area contributed by atoms with Gasteiger partial charge in [0, 0.05) is 0 Å². The first-order chi connectivity index (χ1) is 1.73. The summed E-state index contributed by atoms with van der Waals surface area (Å²) in [5.74, 6) is 0. The Morgan fingerprint density at radius 1 is 1.40 bits per heavy atom. The van der Waals surface area contributed by atoms with E-state index >= 15 is 0 Å². The fraction of sp³-hybridized carbons (Fsp3) is 1.00. The van der Waals surface area contributed by atoms with Crippen LogP contribution in [-0.2, 0) is 0 Å². The van der Waals surface area contributed by atoms with Crippen molar-refractivity contribution in [2.75, 3.05) is 0 Å². The second-order valence-corrected chi connectivity index (χ2v) is 3.15. The van der Waals surface area contributed by atoms with Gasteiger partial charge < -0.3 is 4.80 Å². The van der Waals surface area contributed by atoms with Crippen molar-refractivity contribution < 1.29 is 23.7 Å². The van der Waals surface area contributed by atoms with Crippen LogP contribution in [0, 0.1) is 0 Å². The molecular weight excluding hydrogens is 75.0 g/mol. The molecule has 0 aromatic carbocycles. The van der Waals surface area contributed by atoms with Crippen molar-refractivity contribution in [2.24, 2.45) is 0 Å². The average Bonchev–Trinajstić information content (AvgIpc) is 0.811. The molecule has 26 valence electrons. The first-order valence-corrected chi connectivity index (χ1v) is 4.17. The van der Waals surface area contributed by atoms with E-state index in [1.165, 1.54) is 0 Å². The van der Waals surface area contributed by atoms with Crippen molar-refractivity contribution in [1.29, 1.82) is 0 Å². The fourth-order valence-electron chi connectivity index (χ4n) is 0. The second-order valence-electron chi connectivity index (χ2n) is 1.05. The molecule has 0 unspecified atom stereocenters. The van der Waals surface area contributed by atoms with E-state index in [-0.39, 0.29) is 18.9 Å². The average molecular weight is 82.1 g/mol. The summed E-state index contributed by atoms with van der Waals surface area (Å²) in [6.07, 6.45) is 0. The van der Waals surface area contributed by atoms with Crippen LogP contribution in [0.5, 0.6) is 0 Å². The molecule has 0 atom stereocenters. The van der Waals surface area contributed by atoms with Crippen LogP contribution >= 0.6 is 0 Å². The summed E-state index contributed by atoms with van der Waals surface area (Å²) in [5.41, 5.74) is 0. The summed E-state index contributed by atoms with van der Waals surface area (Å²) in [6, 6.07) is 0. The first kappa shape index (κ1) is 9.24. The summed E-state index contributed by atoms with van der Waals surface area (Å²) < 4.78 is 0. The minimum atomic E-state index is -1.39. The normalized spacial score (nSPS) is 7.20. The zero-order chi connectivity index (χ0) is 3.58. The quantitative estimate of drug-likeness (QED) is 0.276. The predicted molar refractivity (Wildman–Crippen MR) is 18.9 cm³/mol. The summed E-state index contributed by atoms with van der Waals surface area (Å²) in [7, 11) is -1.39. The SMILES string of the molecule is C[SiH](C)[O-].[Li+]. The van der Waals surface area contributed by atoms with Crippen LogP contribution in [0.4, 0.5) is 0 Å². The van der Waals surface area contributed by atoms with Gasteiger partial charge in [0.15, 0.2) is 0 Å². The minimum absolute atomic E-state index is 0. The van der Waals surface area contributed by atoms with Gasteiger partial charge in [0.05, 0.1) is 0 Å². The van der Waals surface area contributed by atoms with E-state index in [0.717, 1.165) is 0 Å². The molecule has 0 aromatic rings. The van der Waals surface area contributed by atoms with Gasteiger partial charge >= 0.3 is 18.9 Å². The van der Waals surface area contributed by atoms with E-state index in [1.807, 2.05) is 0 Å². The molecule has 0 saturated heterocycles. The van der Waals surface area contributed by atoms with Crippen molar-refractivity contribution in [2.45, 2.75) is 13.1 Å². The monoisotopic (exact) mass is 82.0 g/mol. The van der Waals surface area contributed by atoms with Crippen LogP contribution in [0.1, 0.15) is 0 Å². The third-order valence-electron chi connectivity index (χ3n) is 0. The van der Waals surface area contributed by atoms with Crippen molar-refractivity contribution in [3.8, 4) is 0 Å². The Morgan fingerprint density at radius 2 is 1.40 bits per heavy atom. The number of hydrogen-bond acceptors (Lipinski definition) is 1. The summed E-state index contributed by atoms with van der Waals surface area (Å²) in [5, 5.41) is 0. The van der Waals surface area contributed by atoms with Gasteiger partial charge in [-0.05, 0) is 0 Å². The third-order valence-corrected chi connectivity index (χ3v) is 0. The Hall–Kier alpha value is 0.774. The molecule has 0 saturated carbocycles. The second kappa shape index (κ2) is 4.77. The molecule has 0 aliphatic carbocycles. The maximum atomic E-state index is 9.67. The molecule has 3 heteroatoms. The van der Waals surface area contributed by atoms with E-state index in [1.54, 1.807) is 13.1 Å². The Kier molecular flexibility index (Phi) is 8.82. The molecule has 5 heavy (non-hydrogen) atoms. The molecule has 0 heterocycles. The Labute approximate surface area is 46.3 Å². The number of hydrogen-bond donors (Lipinski definition) is 0. The molecular formula is C2H7LiOSi. The van der Waals surface area contributed by atoms with Gasteiger partial charge in [-0.3, -0.25) is 0 Å². The van der Waals surface area contributed by atoms with Crippen molar-refractivity contribution in [3.63, 3.8) is 0 Å². The molecule has 0 N–H and O–H groups in total. The topological polar surface area (TPSA) is 23.1 Å². The maximum Gasteiger partial charge on any atom is 1.00 e. The van der Waals surface area contributed by atoms with Crippen LogP contribution in [0.3, 0.4) is 0 Å². The smallest absolute Gasteiger partial charge is 0.861 e. The van der Waals surface area contributed by atoms with Gasteiger partial charge in [-0.15, -0.1) is 0 Å².